The Bertz CT molecular complexity index is 790. The number of rotatable bonds is 3. The molecule has 0 heterocycles. The van der Waals surface area contributed by atoms with Crippen LogP contribution in [-0.4, -0.2) is 19.0 Å². The van der Waals surface area contributed by atoms with Gasteiger partial charge in [-0.3, -0.25) is 4.79 Å². The Morgan fingerprint density at radius 1 is 1.22 bits per heavy atom. The van der Waals surface area contributed by atoms with E-state index in [4.69, 9.17) is 16.3 Å². The molecule has 1 N–H and O–H groups in total. The maximum absolute atomic E-state index is 13.3. The highest BCUT2D eigenvalue weighted by Gasteiger charge is 2.17. The van der Waals surface area contributed by atoms with Gasteiger partial charge in [-0.05, 0) is 47.9 Å². The average molecular weight is 336 g/mol. The van der Waals surface area contributed by atoms with E-state index in [9.17, 15) is 14.0 Å². The maximum atomic E-state index is 13.3. The molecule has 0 aliphatic rings. The molecule has 0 atom stereocenters. The summed E-state index contributed by atoms with van der Waals surface area (Å²) in [4.78, 5) is 23.2. The van der Waals surface area contributed by atoms with Crippen LogP contribution in [0.25, 0.3) is 11.1 Å². The molecule has 0 fully saturated rings. The second-order valence-electron chi connectivity index (χ2n) is 5.01. The normalized spacial score (nSPS) is 10.3. The molecule has 4 nitrogen and oxygen atoms in total. The second kappa shape index (κ2) is 6.79. The molecule has 0 bridgehead atoms. The van der Waals surface area contributed by atoms with Crippen molar-refractivity contribution in [1.29, 1.82) is 0 Å². The first kappa shape index (κ1) is 17.0. The van der Waals surface area contributed by atoms with Gasteiger partial charge in [-0.15, -0.1) is 0 Å². The van der Waals surface area contributed by atoms with E-state index in [-0.39, 0.29) is 16.5 Å². The molecule has 2 aromatic carbocycles. The van der Waals surface area contributed by atoms with Crippen molar-refractivity contribution in [2.24, 2.45) is 0 Å². The van der Waals surface area contributed by atoms with Gasteiger partial charge in [0.05, 0.1) is 23.4 Å². The lowest BCUT2D eigenvalue weighted by Gasteiger charge is -2.14. The predicted octanol–water partition coefficient (Wildman–Crippen LogP) is 4.20. The van der Waals surface area contributed by atoms with Gasteiger partial charge >= 0.3 is 5.97 Å². The van der Waals surface area contributed by atoms with Gasteiger partial charge in [0.25, 0.3) is 0 Å². The van der Waals surface area contributed by atoms with Crippen molar-refractivity contribution in [2.45, 2.75) is 13.8 Å². The zero-order chi connectivity index (χ0) is 17.1. The standard InChI is InChI=1S/C17H15ClFNO3/c1-9-6-13(17(22)23-3)16(20-10(2)21)8-12(9)11-4-5-15(19)14(18)7-11/h4-8H,1-3H3,(H,20,21). The number of carbonyl (C=O) groups excluding carboxylic acids is 2. The Balaban J connectivity index is 2.62. The van der Waals surface area contributed by atoms with Crippen molar-refractivity contribution < 1.29 is 18.7 Å². The van der Waals surface area contributed by atoms with Crippen molar-refractivity contribution in [2.75, 3.05) is 12.4 Å². The third-order valence-corrected chi connectivity index (χ3v) is 3.60. The summed E-state index contributed by atoms with van der Waals surface area (Å²) in [6.07, 6.45) is 0. The number of carbonyl (C=O) groups is 2. The fourth-order valence-electron chi connectivity index (χ4n) is 2.25. The van der Waals surface area contributed by atoms with Gasteiger partial charge in [0, 0.05) is 6.92 Å². The molecule has 0 aliphatic carbocycles. The topological polar surface area (TPSA) is 55.4 Å². The zero-order valence-electron chi connectivity index (χ0n) is 12.9. The van der Waals surface area contributed by atoms with E-state index in [1.165, 1.54) is 26.2 Å². The lowest BCUT2D eigenvalue weighted by molar-refractivity contribution is -0.114. The molecular weight excluding hydrogens is 321 g/mol. The van der Waals surface area contributed by atoms with Crippen molar-refractivity contribution in [3.8, 4) is 11.1 Å². The first-order valence-corrected chi connectivity index (χ1v) is 7.17. The summed E-state index contributed by atoms with van der Waals surface area (Å²) >= 11 is 5.83. The minimum Gasteiger partial charge on any atom is -0.465 e. The summed E-state index contributed by atoms with van der Waals surface area (Å²) in [5.74, 6) is -1.39. The van der Waals surface area contributed by atoms with E-state index in [0.717, 1.165) is 11.1 Å². The van der Waals surface area contributed by atoms with Crippen LogP contribution in [0.1, 0.15) is 22.8 Å². The smallest absolute Gasteiger partial charge is 0.339 e. The number of benzene rings is 2. The minimum atomic E-state index is -0.555. The first-order valence-electron chi connectivity index (χ1n) is 6.79. The number of hydrogen-bond donors (Lipinski definition) is 1. The van der Waals surface area contributed by atoms with Crippen LogP contribution in [0.2, 0.25) is 5.02 Å². The van der Waals surface area contributed by atoms with E-state index in [1.807, 2.05) is 0 Å². The molecule has 6 heteroatoms. The number of halogens is 2. The molecule has 1 amide bonds. The summed E-state index contributed by atoms with van der Waals surface area (Å²) in [6.45, 7) is 3.14. The van der Waals surface area contributed by atoms with Crippen LogP contribution < -0.4 is 5.32 Å². The van der Waals surface area contributed by atoms with Gasteiger partial charge in [-0.25, -0.2) is 9.18 Å². The number of aryl methyl sites for hydroxylation is 1. The van der Waals surface area contributed by atoms with Crippen LogP contribution in [0.4, 0.5) is 10.1 Å². The van der Waals surface area contributed by atoms with Gasteiger partial charge in [0.1, 0.15) is 5.82 Å². The first-order chi connectivity index (χ1) is 10.8. The van der Waals surface area contributed by atoms with Gasteiger partial charge in [0.2, 0.25) is 5.91 Å². The summed E-state index contributed by atoms with van der Waals surface area (Å²) in [7, 11) is 1.27. The van der Waals surface area contributed by atoms with Crippen LogP contribution in [0.15, 0.2) is 30.3 Å². The molecule has 0 spiro atoms. The molecule has 0 aromatic heterocycles. The maximum Gasteiger partial charge on any atom is 0.339 e. The molecule has 0 radical (unpaired) electrons. The Morgan fingerprint density at radius 2 is 1.91 bits per heavy atom. The van der Waals surface area contributed by atoms with Gasteiger partial charge < -0.3 is 10.1 Å². The van der Waals surface area contributed by atoms with Crippen molar-refractivity contribution >= 4 is 29.2 Å². The Morgan fingerprint density at radius 3 is 2.48 bits per heavy atom. The lowest BCUT2D eigenvalue weighted by Crippen LogP contribution is -2.12. The molecule has 2 rings (SSSR count). The number of ether oxygens (including phenoxy) is 1. The van der Waals surface area contributed by atoms with E-state index in [2.05, 4.69) is 5.32 Å². The van der Waals surface area contributed by atoms with Crippen LogP contribution in [0, 0.1) is 12.7 Å². The molecule has 120 valence electrons. The summed E-state index contributed by atoms with van der Waals surface area (Å²) in [5.41, 5.74) is 2.74. The largest absolute Gasteiger partial charge is 0.465 e. The van der Waals surface area contributed by atoms with E-state index in [0.29, 0.717) is 11.3 Å². The molecule has 0 saturated heterocycles. The number of anilines is 1. The highest BCUT2D eigenvalue weighted by molar-refractivity contribution is 6.31. The van der Waals surface area contributed by atoms with Gasteiger partial charge in [-0.1, -0.05) is 17.7 Å². The molecule has 0 unspecified atom stereocenters. The van der Waals surface area contributed by atoms with Crippen LogP contribution in [-0.2, 0) is 9.53 Å². The van der Waals surface area contributed by atoms with Gasteiger partial charge in [-0.2, -0.15) is 0 Å². The van der Waals surface area contributed by atoms with Gasteiger partial charge in [0.15, 0.2) is 0 Å². The number of esters is 1. The number of nitrogens with one attached hydrogen (secondary N) is 1. The van der Waals surface area contributed by atoms with E-state index in [1.54, 1.807) is 25.1 Å². The Hall–Kier alpha value is -2.40. The highest BCUT2D eigenvalue weighted by Crippen LogP contribution is 2.32. The molecule has 23 heavy (non-hydrogen) atoms. The number of methoxy groups -OCH3 is 1. The summed E-state index contributed by atoms with van der Waals surface area (Å²) in [5, 5.41) is 2.61. The minimum absolute atomic E-state index is 0.0000199. The van der Waals surface area contributed by atoms with Crippen LogP contribution in [0.5, 0.6) is 0 Å². The fraction of sp³-hybridized carbons (Fsp3) is 0.176. The monoisotopic (exact) mass is 335 g/mol. The SMILES string of the molecule is COC(=O)c1cc(C)c(-c2ccc(F)c(Cl)c2)cc1NC(C)=O. The fourth-order valence-corrected chi connectivity index (χ4v) is 2.44. The quantitative estimate of drug-likeness (QED) is 0.855. The van der Waals surface area contributed by atoms with Crippen molar-refractivity contribution in [3.63, 3.8) is 0 Å². The third kappa shape index (κ3) is 3.68. The van der Waals surface area contributed by atoms with Crippen LogP contribution in [0.3, 0.4) is 0 Å². The zero-order valence-corrected chi connectivity index (χ0v) is 13.6. The highest BCUT2D eigenvalue weighted by atomic mass is 35.5. The Kier molecular flexibility index (Phi) is 5.01. The summed E-state index contributed by atoms with van der Waals surface area (Å²) < 4.78 is 18.1. The number of amides is 1. The van der Waals surface area contributed by atoms with E-state index < -0.39 is 11.8 Å². The molecule has 0 saturated carbocycles. The van der Waals surface area contributed by atoms with E-state index >= 15 is 0 Å². The lowest BCUT2D eigenvalue weighted by atomic mass is 9.96. The predicted molar refractivity (Wildman–Crippen MR) is 87.2 cm³/mol. The molecule has 2 aromatic rings. The molecular formula is C17H15ClFNO3. The van der Waals surface area contributed by atoms with Crippen molar-refractivity contribution in [1.82, 2.24) is 0 Å². The average Bonchev–Trinajstić information content (AvgIpc) is 2.50. The Labute approximate surface area is 138 Å². The van der Waals surface area contributed by atoms with Crippen molar-refractivity contribution in [3.05, 3.63) is 52.3 Å². The number of hydrogen-bond acceptors (Lipinski definition) is 3. The second-order valence-corrected chi connectivity index (χ2v) is 5.42. The molecule has 0 aliphatic heterocycles. The third-order valence-electron chi connectivity index (χ3n) is 3.31. The summed E-state index contributed by atoms with van der Waals surface area (Å²) in [6, 6.07) is 7.60. The van der Waals surface area contributed by atoms with Crippen LogP contribution >= 0.6 is 11.6 Å².